The Balaban J connectivity index is 2.12. The second kappa shape index (κ2) is 6.65. The lowest BCUT2D eigenvalue weighted by Crippen LogP contribution is -1.85. The minimum absolute atomic E-state index is 0.361. The van der Waals surface area contributed by atoms with Gasteiger partial charge in [0.05, 0.1) is 11.8 Å². The molecule has 0 aliphatic rings. The minimum Gasteiger partial charge on any atom is -0.271 e. The topological polar surface area (TPSA) is 65.4 Å². The van der Waals surface area contributed by atoms with Crippen LogP contribution in [0.5, 0.6) is 0 Å². The fourth-order valence-corrected chi connectivity index (χ4v) is 2.94. The van der Waals surface area contributed by atoms with Crippen LogP contribution in [0.1, 0.15) is 0 Å². The number of benzene rings is 1. The maximum atomic E-state index is 8.81. The molecule has 3 aromatic rings. The summed E-state index contributed by atoms with van der Waals surface area (Å²) in [5, 5.41) is 17.8. The van der Waals surface area contributed by atoms with E-state index in [0.29, 0.717) is 10.8 Å². The van der Waals surface area contributed by atoms with E-state index in [9.17, 15) is 0 Å². The lowest BCUT2D eigenvalue weighted by molar-refractivity contribution is 1.01. The fraction of sp³-hybridized carbons (Fsp3) is 0.0625. The van der Waals surface area contributed by atoms with Gasteiger partial charge in [0, 0.05) is 28.5 Å². The average molecular weight is 327 g/mol. The molecule has 4 nitrogen and oxygen atoms in total. The molecule has 6 heteroatoms. The molecule has 0 radical (unpaired) electrons. The summed E-state index contributed by atoms with van der Waals surface area (Å²) in [7, 11) is 0. The van der Waals surface area contributed by atoms with Crippen molar-refractivity contribution in [3.8, 4) is 28.5 Å². The first kappa shape index (κ1) is 14.6. The molecule has 22 heavy (non-hydrogen) atoms. The zero-order valence-corrected chi connectivity index (χ0v) is 13.0. The van der Waals surface area contributed by atoms with Crippen LogP contribution in [0.4, 0.5) is 0 Å². The minimum atomic E-state index is 0.361. The maximum Gasteiger partial charge on any atom is 0.101 e. The van der Waals surface area contributed by atoms with Crippen LogP contribution in [-0.2, 0) is 0 Å². The molecule has 108 valence electrons. The molecule has 2 aromatic heterocycles. The lowest BCUT2D eigenvalue weighted by atomic mass is 10.0. The highest BCUT2D eigenvalue weighted by Crippen LogP contribution is 2.37. The summed E-state index contributed by atoms with van der Waals surface area (Å²) >= 11 is 7.39. The Morgan fingerprint density at radius 3 is 2.50 bits per heavy atom. The van der Waals surface area contributed by atoms with Gasteiger partial charge in [-0.2, -0.15) is 10.4 Å². The van der Waals surface area contributed by atoms with E-state index >= 15 is 0 Å². The van der Waals surface area contributed by atoms with Crippen LogP contribution in [0.25, 0.3) is 22.4 Å². The third-order valence-electron chi connectivity index (χ3n) is 3.10. The summed E-state index contributed by atoms with van der Waals surface area (Å²) in [5.74, 6) is 0.361. The highest BCUT2D eigenvalue weighted by molar-refractivity contribution is 7.99. The number of hydrogen-bond donors (Lipinski definition) is 1. The van der Waals surface area contributed by atoms with Crippen molar-refractivity contribution < 1.29 is 0 Å². The Kier molecular flexibility index (Phi) is 4.42. The SMILES string of the molecule is N#CCSc1[nH]nc(-c2ccc(Cl)cc2)c1-c1ccncc1. The zero-order chi connectivity index (χ0) is 15.4. The number of nitriles is 1. The molecule has 1 N–H and O–H groups in total. The maximum absolute atomic E-state index is 8.81. The Hall–Kier alpha value is -2.29. The number of nitrogens with one attached hydrogen (secondary N) is 1. The summed E-state index contributed by atoms with van der Waals surface area (Å²) in [4.78, 5) is 4.05. The van der Waals surface area contributed by atoms with Crippen molar-refractivity contribution in [2.24, 2.45) is 0 Å². The predicted octanol–water partition coefficient (Wildman–Crippen LogP) is 4.41. The largest absolute Gasteiger partial charge is 0.271 e. The highest BCUT2D eigenvalue weighted by atomic mass is 35.5. The van der Waals surface area contributed by atoms with Crippen LogP contribution in [0.3, 0.4) is 0 Å². The molecule has 3 rings (SSSR count). The number of hydrogen-bond acceptors (Lipinski definition) is 4. The van der Waals surface area contributed by atoms with Crippen LogP contribution < -0.4 is 0 Å². The van der Waals surface area contributed by atoms with Gasteiger partial charge in [-0.05, 0) is 29.8 Å². The molecule has 0 unspecified atom stereocenters. The molecule has 0 aliphatic heterocycles. The van der Waals surface area contributed by atoms with Crippen molar-refractivity contribution in [3.05, 3.63) is 53.8 Å². The molecule has 0 spiro atoms. The van der Waals surface area contributed by atoms with Gasteiger partial charge in [0.15, 0.2) is 0 Å². The molecule has 2 heterocycles. The molecular formula is C16H11ClN4S. The number of rotatable bonds is 4. The van der Waals surface area contributed by atoms with E-state index in [4.69, 9.17) is 16.9 Å². The normalized spacial score (nSPS) is 10.4. The number of aromatic amines is 1. The van der Waals surface area contributed by atoms with E-state index in [1.807, 2.05) is 36.4 Å². The Bertz CT molecular complexity index is 806. The van der Waals surface area contributed by atoms with Crippen molar-refractivity contribution in [2.45, 2.75) is 5.03 Å². The molecule has 0 aliphatic carbocycles. The van der Waals surface area contributed by atoms with E-state index in [1.165, 1.54) is 11.8 Å². The summed E-state index contributed by atoms with van der Waals surface area (Å²) in [6, 6.07) is 13.5. The van der Waals surface area contributed by atoms with Gasteiger partial charge in [-0.3, -0.25) is 10.1 Å². The fourth-order valence-electron chi connectivity index (χ4n) is 2.14. The standard InChI is InChI=1S/C16H11ClN4S/c17-13-3-1-12(2-4-13)15-14(11-5-8-19-9-6-11)16(21-20-15)22-10-7-18/h1-6,8-9H,10H2,(H,20,21). The van der Waals surface area contributed by atoms with Gasteiger partial charge in [-0.1, -0.05) is 35.5 Å². The Morgan fingerprint density at radius 2 is 1.82 bits per heavy atom. The van der Waals surface area contributed by atoms with Crippen LogP contribution >= 0.6 is 23.4 Å². The molecule has 0 amide bonds. The van der Waals surface area contributed by atoms with Crippen LogP contribution in [-0.4, -0.2) is 20.9 Å². The third kappa shape index (κ3) is 2.98. The van der Waals surface area contributed by atoms with Crippen molar-refractivity contribution in [1.29, 1.82) is 5.26 Å². The van der Waals surface area contributed by atoms with E-state index in [0.717, 1.165) is 27.4 Å². The van der Waals surface area contributed by atoms with Crippen molar-refractivity contribution in [1.82, 2.24) is 15.2 Å². The van der Waals surface area contributed by atoms with Gasteiger partial charge in [0.2, 0.25) is 0 Å². The zero-order valence-electron chi connectivity index (χ0n) is 11.5. The van der Waals surface area contributed by atoms with E-state index in [1.54, 1.807) is 12.4 Å². The molecule has 0 atom stereocenters. The molecular weight excluding hydrogens is 316 g/mol. The quantitative estimate of drug-likeness (QED) is 0.721. The first-order valence-corrected chi connectivity index (χ1v) is 7.90. The number of nitrogens with zero attached hydrogens (tertiary/aromatic N) is 3. The summed E-state index contributed by atoms with van der Waals surface area (Å²) < 4.78 is 0. The number of aromatic nitrogens is 3. The van der Waals surface area contributed by atoms with Crippen LogP contribution in [0.15, 0.2) is 53.8 Å². The summed E-state index contributed by atoms with van der Waals surface area (Å²) in [6.07, 6.45) is 3.49. The van der Waals surface area contributed by atoms with Crippen molar-refractivity contribution in [3.63, 3.8) is 0 Å². The third-order valence-corrected chi connectivity index (χ3v) is 4.21. The Labute approximate surface area is 137 Å². The molecule has 0 saturated carbocycles. The summed E-state index contributed by atoms with van der Waals surface area (Å²) in [5.41, 5.74) is 3.79. The highest BCUT2D eigenvalue weighted by Gasteiger charge is 2.17. The molecule has 1 aromatic carbocycles. The van der Waals surface area contributed by atoms with Gasteiger partial charge in [0.25, 0.3) is 0 Å². The number of H-pyrrole nitrogens is 1. The molecule has 0 fully saturated rings. The number of pyridine rings is 1. The van der Waals surface area contributed by atoms with Gasteiger partial charge >= 0.3 is 0 Å². The van der Waals surface area contributed by atoms with Crippen molar-refractivity contribution >= 4 is 23.4 Å². The second-order valence-corrected chi connectivity index (χ2v) is 5.89. The van der Waals surface area contributed by atoms with Gasteiger partial charge < -0.3 is 0 Å². The molecule has 0 saturated heterocycles. The van der Waals surface area contributed by atoms with Crippen molar-refractivity contribution in [2.75, 3.05) is 5.75 Å². The lowest BCUT2D eigenvalue weighted by Gasteiger charge is -2.05. The Morgan fingerprint density at radius 1 is 1.09 bits per heavy atom. The first-order chi connectivity index (χ1) is 10.8. The smallest absolute Gasteiger partial charge is 0.101 e. The monoisotopic (exact) mass is 326 g/mol. The molecule has 0 bridgehead atoms. The van der Waals surface area contributed by atoms with Gasteiger partial charge in [-0.15, -0.1) is 0 Å². The first-order valence-electron chi connectivity index (χ1n) is 6.54. The van der Waals surface area contributed by atoms with Gasteiger partial charge in [-0.25, -0.2) is 0 Å². The number of halogens is 1. The van der Waals surface area contributed by atoms with Crippen LogP contribution in [0, 0.1) is 11.3 Å². The predicted molar refractivity (Wildman–Crippen MR) is 88.6 cm³/mol. The average Bonchev–Trinajstić information content (AvgIpc) is 2.98. The number of thioether (sulfide) groups is 1. The second-order valence-electron chi connectivity index (χ2n) is 4.47. The van der Waals surface area contributed by atoms with E-state index < -0.39 is 0 Å². The van der Waals surface area contributed by atoms with Gasteiger partial charge in [0.1, 0.15) is 10.7 Å². The van der Waals surface area contributed by atoms with E-state index in [-0.39, 0.29) is 0 Å². The van der Waals surface area contributed by atoms with Crippen LogP contribution in [0.2, 0.25) is 5.02 Å². The summed E-state index contributed by atoms with van der Waals surface area (Å²) in [6.45, 7) is 0. The van der Waals surface area contributed by atoms with E-state index in [2.05, 4.69) is 21.3 Å².